The lowest BCUT2D eigenvalue weighted by Crippen LogP contribution is -2.36. The minimum absolute atomic E-state index is 0.0588. The largest absolute Gasteiger partial charge is 0.326 e. The fraction of sp³-hybridized carbons (Fsp3) is 0.350. The third-order valence-electron chi connectivity index (χ3n) is 4.51. The van der Waals surface area contributed by atoms with Gasteiger partial charge in [-0.05, 0) is 59.9 Å². The Morgan fingerprint density at radius 2 is 1.85 bits per heavy atom. The number of amides is 1. The van der Waals surface area contributed by atoms with E-state index in [1.54, 1.807) is 0 Å². The van der Waals surface area contributed by atoms with Crippen molar-refractivity contribution in [3.05, 3.63) is 59.4 Å². The van der Waals surface area contributed by atoms with Gasteiger partial charge in [-0.15, -0.1) is 0 Å². The summed E-state index contributed by atoms with van der Waals surface area (Å²) >= 11 is 0. The number of sulfonamides is 1. The number of hydrogen-bond donors (Lipinski definition) is 1. The highest BCUT2D eigenvalue weighted by atomic mass is 32.2. The highest BCUT2D eigenvalue weighted by Gasteiger charge is 2.28. The Bertz CT molecular complexity index is 940. The van der Waals surface area contributed by atoms with E-state index in [0.717, 1.165) is 23.3 Å². The van der Waals surface area contributed by atoms with E-state index < -0.39 is 15.8 Å². The molecule has 144 valence electrons. The van der Waals surface area contributed by atoms with Crippen LogP contribution in [0, 0.1) is 11.7 Å². The first-order valence-electron chi connectivity index (χ1n) is 8.93. The molecule has 0 aromatic heterocycles. The molecule has 3 rings (SSSR count). The third kappa shape index (κ3) is 4.54. The van der Waals surface area contributed by atoms with Crippen molar-refractivity contribution in [2.24, 2.45) is 5.92 Å². The van der Waals surface area contributed by atoms with Crippen molar-refractivity contribution in [3.8, 4) is 0 Å². The van der Waals surface area contributed by atoms with Crippen LogP contribution in [0.3, 0.4) is 0 Å². The maximum atomic E-state index is 13.1. The Balaban J connectivity index is 1.79. The van der Waals surface area contributed by atoms with E-state index in [-0.39, 0.29) is 23.3 Å². The second-order valence-corrected chi connectivity index (χ2v) is 9.11. The van der Waals surface area contributed by atoms with Gasteiger partial charge >= 0.3 is 0 Å². The molecule has 0 spiro atoms. The van der Waals surface area contributed by atoms with Crippen molar-refractivity contribution in [2.45, 2.75) is 38.1 Å². The Kier molecular flexibility index (Phi) is 5.62. The molecule has 0 saturated heterocycles. The lowest BCUT2D eigenvalue weighted by Gasteiger charge is -2.28. The number of nitrogens with one attached hydrogen (secondary N) is 1. The molecule has 7 heteroatoms. The van der Waals surface area contributed by atoms with Gasteiger partial charge in [-0.3, -0.25) is 4.79 Å². The van der Waals surface area contributed by atoms with Crippen molar-refractivity contribution in [1.82, 2.24) is 4.31 Å². The number of carbonyl (C=O) groups excluding carboxylic acids is 1. The average molecular weight is 390 g/mol. The first-order valence-corrected chi connectivity index (χ1v) is 10.4. The molecular weight excluding hydrogens is 367 g/mol. The summed E-state index contributed by atoms with van der Waals surface area (Å²) in [4.78, 5) is 12.1. The number of nitrogens with zero attached hydrogens (tertiary/aromatic N) is 1. The molecule has 0 fully saturated rings. The van der Waals surface area contributed by atoms with E-state index in [1.807, 2.05) is 32.0 Å². The Morgan fingerprint density at radius 3 is 2.52 bits per heavy atom. The fourth-order valence-corrected chi connectivity index (χ4v) is 4.57. The van der Waals surface area contributed by atoms with Crippen LogP contribution < -0.4 is 5.32 Å². The third-order valence-corrected chi connectivity index (χ3v) is 6.37. The van der Waals surface area contributed by atoms with E-state index in [1.165, 1.54) is 16.4 Å². The zero-order valence-electron chi connectivity index (χ0n) is 15.4. The molecule has 2 aromatic rings. The Labute approximate surface area is 159 Å². The van der Waals surface area contributed by atoms with Gasteiger partial charge in [0, 0.05) is 25.2 Å². The topological polar surface area (TPSA) is 66.5 Å². The van der Waals surface area contributed by atoms with E-state index >= 15 is 0 Å². The van der Waals surface area contributed by atoms with Gasteiger partial charge in [-0.2, -0.15) is 4.31 Å². The highest BCUT2D eigenvalue weighted by Crippen LogP contribution is 2.27. The first kappa shape index (κ1) is 19.5. The van der Waals surface area contributed by atoms with Crippen LogP contribution in [0.15, 0.2) is 47.4 Å². The van der Waals surface area contributed by atoms with Crippen molar-refractivity contribution >= 4 is 21.6 Å². The maximum absolute atomic E-state index is 13.1. The number of benzene rings is 2. The number of halogens is 1. The van der Waals surface area contributed by atoms with Gasteiger partial charge in [-0.25, -0.2) is 12.8 Å². The van der Waals surface area contributed by atoms with Crippen LogP contribution in [0.2, 0.25) is 0 Å². The smallest absolute Gasteiger partial charge is 0.243 e. The van der Waals surface area contributed by atoms with Crippen LogP contribution in [-0.2, 0) is 27.8 Å². The maximum Gasteiger partial charge on any atom is 0.243 e. The molecule has 27 heavy (non-hydrogen) atoms. The minimum Gasteiger partial charge on any atom is -0.326 e. The molecule has 0 unspecified atom stereocenters. The van der Waals surface area contributed by atoms with Crippen molar-refractivity contribution in [3.63, 3.8) is 0 Å². The second-order valence-electron chi connectivity index (χ2n) is 7.17. The fourth-order valence-electron chi connectivity index (χ4n) is 3.15. The number of anilines is 1. The molecule has 0 radical (unpaired) electrons. The van der Waals surface area contributed by atoms with E-state index in [4.69, 9.17) is 0 Å². The summed E-state index contributed by atoms with van der Waals surface area (Å²) in [5.41, 5.74) is 2.61. The van der Waals surface area contributed by atoms with Crippen molar-refractivity contribution in [1.29, 1.82) is 0 Å². The summed E-state index contributed by atoms with van der Waals surface area (Å²) in [6.45, 7) is 4.55. The zero-order chi connectivity index (χ0) is 19.6. The molecule has 1 heterocycles. The monoisotopic (exact) mass is 390 g/mol. The molecule has 0 bridgehead atoms. The van der Waals surface area contributed by atoms with E-state index in [0.29, 0.717) is 25.1 Å². The van der Waals surface area contributed by atoms with Gasteiger partial charge in [0.2, 0.25) is 15.9 Å². The molecule has 0 saturated carbocycles. The molecule has 1 aliphatic heterocycles. The molecule has 2 aromatic carbocycles. The number of carbonyl (C=O) groups is 1. The van der Waals surface area contributed by atoms with Crippen molar-refractivity contribution < 1.29 is 17.6 Å². The number of fused-ring (bicyclic) bond motifs is 1. The van der Waals surface area contributed by atoms with Crippen LogP contribution >= 0.6 is 0 Å². The van der Waals surface area contributed by atoms with Crippen LogP contribution in [0.5, 0.6) is 0 Å². The van der Waals surface area contributed by atoms with Gasteiger partial charge < -0.3 is 5.32 Å². The first-order chi connectivity index (χ1) is 12.8. The summed E-state index contributed by atoms with van der Waals surface area (Å²) < 4.78 is 40.1. The molecule has 0 atom stereocenters. The van der Waals surface area contributed by atoms with E-state index in [2.05, 4.69) is 5.32 Å². The van der Waals surface area contributed by atoms with Gasteiger partial charge in [0.15, 0.2) is 0 Å². The summed E-state index contributed by atoms with van der Waals surface area (Å²) in [6.07, 6.45) is 1.03. The molecular formula is C20H23FN2O3S. The summed E-state index contributed by atoms with van der Waals surface area (Å²) in [5, 5.41) is 2.87. The summed E-state index contributed by atoms with van der Waals surface area (Å²) in [5.74, 6) is -0.268. The average Bonchev–Trinajstić information content (AvgIpc) is 2.60. The van der Waals surface area contributed by atoms with Crippen molar-refractivity contribution in [2.75, 3.05) is 11.9 Å². The van der Waals surface area contributed by atoms with Gasteiger partial charge in [0.1, 0.15) is 5.82 Å². The van der Waals surface area contributed by atoms with Gasteiger partial charge in [-0.1, -0.05) is 19.9 Å². The normalized spacial score (nSPS) is 14.8. The second kappa shape index (κ2) is 7.78. The molecule has 1 amide bonds. The van der Waals surface area contributed by atoms with Crippen LogP contribution in [0.1, 0.15) is 31.4 Å². The number of hydrogen-bond acceptors (Lipinski definition) is 3. The molecule has 1 N–H and O–H groups in total. The van der Waals surface area contributed by atoms with Crippen LogP contribution in [0.25, 0.3) is 0 Å². The lowest BCUT2D eigenvalue weighted by atomic mass is 10.0. The highest BCUT2D eigenvalue weighted by molar-refractivity contribution is 7.89. The SMILES string of the molecule is CC(C)CC(=O)Nc1ccc2c(c1)CN(S(=O)(=O)c1ccc(F)cc1)CC2. The molecule has 1 aliphatic rings. The lowest BCUT2D eigenvalue weighted by molar-refractivity contribution is -0.116. The zero-order valence-corrected chi connectivity index (χ0v) is 16.2. The molecule has 0 aliphatic carbocycles. The van der Waals surface area contributed by atoms with Crippen LogP contribution in [0.4, 0.5) is 10.1 Å². The van der Waals surface area contributed by atoms with Gasteiger partial charge in [0.05, 0.1) is 4.90 Å². The quantitative estimate of drug-likeness (QED) is 0.849. The van der Waals surface area contributed by atoms with Crippen LogP contribution in [-0.4, -0.2) is 25.2 Å². The van der Waals surface area contributed by atoms with Gasteiger partial charge in [0.25, 0.3) is 0 Å². The van der Waals surface area contributed by atoms with E-state index in [9.17, 15) is 17.6 Å². The Morgan fingerprint density at radius 1 is 1.15 bits per heavy atom. The molecule has 5 nitrogen and oxygen atoms in total. The summed E-state index contributed by atoms with van der Waals surface area (Å²) in [7, 11) is -3.69. The predicted molar refractivity (Wildman–Crippen MR) is 102 cm³/mol. The predicted octanol–water partition coefficient (Wildman–Crippen LogP) is 3.56. The minimum atomic E-state index is -3.69. The summed E-state index contributed by atoms with van der Waals surface area (Å²) in [6, 6.07) is 10.5. The Hall–Kier alpha value is -2.25. The standard InChI is InChI=1S/C20H23FN2O3S/c1-14(2)11-20(24)22-18-6-3-15-9-10-23(13-16(15)12-18)27(25,26)19-7-4-17(21)5-8-19/h3-8,12,14H,9-11,13H2,1-2H3,(H,22,24). The number of rotatable bonds is 5.